The van der Waals surface area contributed by atoms with E-state index in [-0.39, 0.29) is 0 Å². The van der Waals surface area contributed by atoms with Crippen LogP contribution < -0.4 is 0 Å². The summed E-state index contributed by atoms with van der Waals surface area (Å²) >= 11 is 1.73. The van der Waals surface area contributed by atoms with Crippen LogP contribution in [0.4, 0.5) is 0 Å². The monoisotopic (exact) mass is 217 g/mol. The minimum absolute atomic E-state index is 0.355. The molecule has 14 heavy (non-hydrogen) atoms. The van der Waals surface area contributed by atoms with E-state index in [9.17, 15) is 0 Å². The Balaban J connectivity index is 0.000000791. The van der Waals surface area contributed by atoms with Crippen molar-refractivity contribution in [2.75, 3.05) is 18.9 Å². The van der Waals surface area contributed by atoms with Crippen molar-refractivity contribution in [3.05, 3.63) is 0 Å². The van der Waals surface area contributed by atoms with E-state index in [2.05, 4.69) is 25.8 Å². The minimum Gasteiger partial charge on any atom is -0.473 e. The average Bonchev–Trinajstić information content (AvgIpc) is 2.19. The lowest BCUT2D eigenvalue weighted by molar-refractivity contribution is 0.292. The number of ether oxygens (including phenoxy) is 1. The van der Waals surface area contributed by atoms with Crippen LogP contribution in [0.3, 0.4) is 0 Å². The summed E-state index contributed by atoms with van der Waals surface area (Å²) in [7, 11) is 0. The summed E-state index contributed by atoms with van der Waals surface area (Å²) < 4.78 is 5.39. The predicted octanol–water partition coefficient (Wildman–Crippen LogP) is 3.57. The fourth-order valence-electron chi connectivity index (χ4n) is 0.806. The third kappa shape index (κ3) is 7.25. The standard InChI is InChI=1S/C9H17NOS.C2H6/c1-9(2,3)7-12-8-10-5-4-6-11-8;1-2/h4-7H2,1-3H3;1-2H3. The molecule has 0 spiro atoms. The number of hydrogen-bond acceptors (Lipinski definition) is 3. The number of nitrogens with zero attached hydrogens (tertiary/aromatic N) is 1. The zero-order valence-corrected chi connectivity index (χ0v) is 10.9. The number of rotatable bonds is 1. The summed E-state index contributed by atoms with van der Waals surface area (Å²) in [5.74, 6) is 1.08. The minimum atomic E-state index is 0.355. The van der Waals surface area contributed by atoms with Gasteiger partial charge >= 0.3 is 0 Å². The van der Waals surface area contributed by atoms with E-state index >= 15 is 0 Å². The quantitative estimate of drug-likeness (QED) is 0.669. The van der Waals surface area contributed by atoms with Crippen molar-refractivity contribution in [2.24, 2.45) is 10.4 Å². The lowest BCUT2D eigenvalue weighted by Crippen LogP contribution is -2.15. The summed E-state index contributed by atoms with van der Waals surface area (Å²) in [6.45, 7) is 12.5. The molecule has 1 aliphatic heterocycles. The summed E-state index contributed by atoms with van der Waals surface area (Å²) in [4.78, 5) is 4.29. The maximum atomic E-state index is 5.39. The van der Waals surface area contributed by atoms with Gasteiger partial charge in [0, 0.05) is 18.7 Å². The molecule has 3 heteroatoms. The first kappa shape index (κ1) is 13.8. The van der Waals surface area contributed by atoms with Crippen molar-refractivity contribution in [1.29, 1.82) is 0 Å². The van der Waals surface area contributed by atoms with Crippen LogP contribution in [0.1, 0.15) is 41.0 Å². The van der Waals surface area contributed by atoms with Gasteiger partial charge in [0.25, 0.3) is 0 Å². The molecule has 1 heterocycles. The van der Waals surface area contributed by atoms with Gasteiger partial charge in [0.05, 0.1) is 6.61 Å². The molecule has 0 bridgehead atoms. The molecule has 1 aliphatic rings. The van der Waals surface area contributed by atoms with Gasteiger partial charge in [-0.1, -0.05) is 46.4 Å². The van der Waals surface area contributed by atoms with Crippen LogP contribution in [0.25, 0.3) is 0 Å². The molecule has 0 saturated carbocycles. The van der Waals surface area contributed by atoms with E-state index in [1.165, 1.54) is 0 Å². The molecule has 0 saturated heterocycles. The smallest absolute Gasteiger partial charge is 0.245 e. The summed E-state index contributed by atoms with van der Waals surface area (Å²) in [6, 6.07) is 0. The number of aliphatic imine (C=N–C) groups is 1. The van der Waals surface area contributed by atoms with Crippen molar-refractivity contribution in [3.63, 3.8) is 0 Å². The van der Waals surface area contributed by atoms with E-state index < -0.39 is 0 Å². The van der Waals surface area contributed by atoms with Gasteiger partial charge in [0.2, 0.25) is 5.23 Å². The molecule has 84 valence electrons. The summed E-state index contributed by atoms with van der Waals surface area (Å²) in [5.41, 5.74) is 0.355. The van der Waals surface area contributed by atoms with Crippen LogP contribution in [0.5, 0.6) is 0 Å². The van der Waals surface area contributed by atoms with Gasteiger partial charge in [0.1, 0.15) is 0 Å². The van der Waals surface area contributed by atoms with Gasteiger partial charge in [-0.25, -0.2) is 4.99 Å². The summed E-state index contributed by atoms with van der Waals surface area (Å²) in [6.07, 6.45) is 1.07. The topological polar surface area (TPSA) is 21.6 Å². The van der Waals surface area contributed by atoms with Crippen molar-refractivity contribution >= 4 is 17.0 Å². The highest BCUT2D eigenvalue weighted by atomic mass is 32.2. The van der Waals surface area contributed by atoms with Gasteiger partial charge in [0.15, 0.2) is 0 Å². The Morgan fingerprint density at radius 3 is 2.43 bits per heavy atom. The maximum Gasteiger partial charge on any atom is 0.245 e. The summed E-state index contributed by atoms with van der Waals surface area (Å²) in [5, 5.41) is 0.885. The third-order valence-corrected chi connectivity index (χ3v) is 2.90. The molecule has 0 aromatic heterocycles. The molecular formula is C11H23NOS. The molecular weight excluding hydrogens is 194 g/mol. The molecule has 0 amide bonds. The molecule has 0 aliphatic carbocycles. The molecule has 0 unspecified atom stereocenters. The Morgan fingerprint density at radius 1 is 1.36 bits per heavy atom. The molecule has 0 N–H and O–H groups in total. The highest BCUT2D eigenvalue weighted by molar-refractivity contribution is 8.13. The SMILES string of the molecule is CC.CC(C)(C)CSC1=NCCCO1. The van der Waals surface area contributed by atoms with E-state index in [1.54, 1.807) is 11.8 Å². The first-order chi connectivity index (χ1) is 6.58. The highest BCUT2D eigenvalue weighted by Crippen LogP contribution is 2.22. The van der Waals surface area contributed by atoms with Crippen LogP contribution in [0, 0.1) is 5.41 Å². The van der Waals surface area contributed by atoms with Crippen LogP contribution in [0.2, 0.25) is 0 Å². The second kappa shape index (κ2) is 7.16. The van der Waals surface area contributed by atoms with E-state index in [4.69, 9.17) is 4.74 Å². The van der Waals surface area contributed by atoms with E-state index in [0.29, 0.717) is 5.41 Å². The molecule has 0 aromatic carbocycles. The molecule has 0 fully saturated rings. The zero-order valence-electron chi connectivity index (χ0n) is 10.1. The van der Waals surface area contributed by atoms with Crippen LogP contribution in [0.15, 0.2) is 4.99 Å². The largest absolute Gasteiger partial charge is 0.473 e. The lowest BCUT2D eigenvalue weighted by atomic mass is 10.0. The second-order valence-electron chi connectivity index (χ2n) is 4.20. The first-order valence-corrected chi connectivity index (χ1v) is 6.36. The zero-order chi connectivity index (χ0) is 11.0. The van der Waals surface area contributed by atoms with Crippen molar-refractivity contribution in [1.82, 2.24) is 0 Å². The van der Waals surface area contributed by atoms with Crippen molar-refractivity contribution in [3.8, 4) is 0 Å². The third-order valence-electron chi connectivity index (χ3n) is 1.40. The average molecular weight is 217 g/mol. The number of thioether (sulfide) groups is 1. The molecule has 1 rings (SSSR count). The van der Waals surface area contributed by atoms with Gasteiger partial charge in [-0.15, -0.1) is 0 Å². The van der Waals surface area contributed by atoms with E-state index in [0.717, 1.165) is 30.6 Å². The van der Waals surface area contributed by atoms with Crippen LogP contribution in [-0.4, -0.2) is 24.1 Å². The van der Waals surface area contributed by atoms with Gasteiger partial charge < -0.3 is 4.74 Å². The molecule has 0 atom stereocenters. The Hall–Kier alpha value is -0.180. The molecule has 2 nitrogen and oxygen atoms in total. The lowest BCUT2D eigenvalue weighted by Gasteiger charge is -2.19. The van der Waals surface area contributed by atoms with Gasteiger partial charge in [-0.05, 0) is 5.41 Å². The maximum absolute atomic E-state index is 5.39. The highest BCUT2D eigenvalue weighted by Gasteiger charge is 2.14. The first-order valence-electron chi connectivity index (χ1n) is 5.38. The Bertz CT molecular complexity index is 173. The Labute approximate surface area is 92.5 Å². The van der Waals surface area contributed by atoms with Crippen LogP contribution >= 0.6 is 11.8 Å². The fourth-order valence-corrected chi connectivity index (χ4v) is 1.71. The molecule has 0 aromatic rings. The second-order valence-corrected chi connectivity index (χ2v) is 5.13. The fraction of sp³-hybridized carbons (Fsp3) is 0.909. The van der Waals surface area contributed by atoms with Crippen molar-refractivity contribution < 1.29 is 4.74 Å². The number of hydrogen-bond donors (Lipinski definition) is 0. The molecule has 0 radical (unpaired) electrons. The van der Waals surface area contributed by atoms with Gasteiger partial charge in [-0.2, -0.15) is 0 Å². The van der Waals surface area contributed by atoms with Crippen LogP contribution in [-0.2, 0) is 4.74 Å². The predicted molar refractivity (Wildman–Crippen MR) is 66.1 cm³/mol. The van der Waals surface area contributed by atoms with Crippen molar-refractivity contribution in [2.45, 2.75) is 41.0 Å². The van der Waals surface area contributed by atoms with E-state index in [1.807, 2.05) is 13.8 Å². The normalized spacial score (nSPS) is 16.2. The van der Waals surface area contributed by atoms with Gasteiger partial charge in [-0.3, -0.25) is 0 Å². The Kier molecular flexibility index (Phi) is 7.06. The Morgan fingerprint density at radius 2 is 2.00 bits per heavy atom.